The molecule has 0 bridgehead atoms. The van der Waals surface area contributed by atoms with Crippen LogP contribution in [0.5, 0.6) is 0 Å². The smallest absolute Gasteiger partial charge is 0.345 e. The van der Waals surface area contributed by atoms with E-state index in [0.717, 1.165) is 0 Å². The lowest BCUT2D eigenvalue weighted by Gasteiger charge is -2.26. The van der Waals surface area contributed by atoms with Gasteiger partial charge in [0.05, 0.1) is 14.2 Å². The SMILES string of the molecule is COC(=O)/C=C1\CCC(C)n2c1ncc(C(=O)OC)c2=O. The Morgan fingerprint density at radius 1 is 1.38 bits per heavy atom. The van der Waals surface area contributed by atoms with E-state index < -0.39 is 17.5 Å². The Bertz CT molecular complexity index is 674. The number of allylic oxidation sites excluding steroid dienone is 1. The lowest BCUT2D eigenvalue weighted by molar-refractivity contribution is -0.134. The van der Waals surface area contributed by atoms with Crippen LogP contribution >= 0.6 is 0 Å². The molecule has 0 spiro atoms. The number of fused-ring (bicyclic) bond motifs is 1. The fourth-order valence-corrected chi connectivity index (χ4v) is 2.31. The Labute approximate surface area is 121 Å². The van der Waals surface area contributed by atoms with Crippen LogP contribution in [0.2, 0.25) is 0 Å². The van der Waals surface area contributed by atoms with Gasteiger partial charge in [0.15, 0.2) is 0 Å². The Balaban J connectivity index is 2.61. The molecule has 2 heterocycles. The van der Waals surface area contributed by atoms with Crippen LogP contribution in [0.25, 0.3) is 5.57 Å². The Morgan fingerprint density at radius 3 is 2.71 bits per heavy atom. The van der Waals surface area contributed by atoms with Crippen molar-refractivity contribution in [3.63, 3.8) is 0 Å². The van der Waals surface area contributed by atoms with Crippen molar-refractivity contribution in [3.8, 4) is 0 Å². The number of carbonyl (C=O) groups excluding carboxylic acids is 2. The van der Waals surface area contributed by atoms with Gasteiger partial charge in [-0.1, -0.05) is 0 Å². The van der Waals surface area contributed by atoms with Gasteiger partial charge in [-0.15, -0.1) is 0 Å². The van der Waals surface area contributed by atoms with Crippen LogP contribution in [0.3, 0.4) is 0 Å². The molecule has 0 fully saturated rings. The molecule has 1 aromatic heterocycles. The van der Waals surface area contributed by atoms with Crippen molar-refractivity contribution in [2.24, 2.45) is 0 Å². The van der Waals surface area contributed by atoms with E-state index in [1.807, 2.05) is 6.92 Å². The molecule has 7 nitrogen and oxygen atoms in total. The molecule has 1 unspecified atom stereocenters. The average Bonchev–Trinajstić information content (AvgIpc) is 2.49. The van der Waals surface area contributed by atoms with E-state index in [2.05, 4.69) is 14.5 Å². The normalized spacial score (nSPS) is 19.0. The summed E-state index contributed by atoms with van der Waals surface area (Å²) in [7, 11) is 2.49. The molecule has 0 saturated heterocycles. The first-order chi connectivity index (χ1) is 9.99. The summed E-state index contributed by atoms with van der Waals surface area (Å²) in [5, 5.41) is 0. The minimum atomic E-state index is -0.723. The molecule has 0 N–H and O–H groups in total. The first-order valence-corrected chi connectivity index (χ1v) is 6.48. The van der Waals surface area contributed by atoms with Gasteiger partial charge >= 0.3 is 11.9 Å². The molecule has 112 valence electrons. The van der Waals surface area contributed by atoms with Crippen molar-refractivity contribution >= 4 is 17.5 Å². The topological polar surface area (TPSA) is 87.5 Å². The maximum absolute atomic E-state index is 12.4. The van der Waals surface area contributed by atoms with Crippen molar-refractivity contribution in [1.29, 1.82) is 0 Å². The monoisotopic (exact) mass is 292 g/mol. The summed E-state index contributed by atoms with van der Waals surface area (Å²) in [6.07, 6.45) is 3.79. The molecule has 1 atom stereocenters. The minimum absolute atomic E-state index is 0.112. The molecule has 1 aliphatic rings. The summed E-state index contributed by atoms with van der Waals surface area (Å²) < 4.78 is 10.6. The van der Waals surface area contributed by atoms with E-state index >= 15 is 0 Å². The second kappa shape index (κ2) is 5.90. The molecular formula is C14H16N2O5. The number of carbonyl (C=O) groups is 2. The van der Waals surface area contributed by atoms with Gasteiger partial charge in [0.2, 0.25) is 0 Å². The maximum atomic E-state index is 12.4. The molecule has 21 heavy (non-hydrogen) atoms. The third-order valence-electron chi connectivity index (χ3n) is 3.45. The number of hydrogen-bond acceptors (Lipinski definition) is 6. The van der Waals surface area contributed by atoms with Crippen LogP contribution in [0.4, 0.5) is 0 Å². The largest absolute Gasteiger partial charge is 0.466 e. The lowest BCUT2D eigenvalue weighted by atomic mass is 9.99. The van der Waals surface area contributed by atoms with Gasteiger partial charge in [-0.3, -0.25) is 9.36 Å². The van der Waals surface area contributed by atoms with Crippen LogP contribution in [0.15, 0.2) is 17.1 Å². The molecule has 7 heteroatoms. The minimum Gasteiger partial charge on any atom is -0.466 e. The van der Waals surface area contributed by atoms with E-state index in [4.69, 9.17) is 0 Å². The average molecular weight is 292 g/mol. The summed E-state index contributed by atoms with van der Waals surface area (Å²) in [6, 6.07) is -0.112. The Hall–Kier alpha value is -2.44. The summed E-state index contributed by atoms with van der Waals surface area (Å²) in [5.74, 6) is -0.840. The highest BCUT2D eigenvalue weighted by Crippen LogP contribution is 2.29. The van der Waals surface area contributed by atoms with Gasteiger partial charge in [0.25, 0.3) is 5.56 Å². The highest BCUT2D eigenvalue weighted by molar-refractivity contribution is 5.91. The number of aromatic nitrogens is 2. The quantitative estimate of drug-likeness (QED) is 0.595. The molecule has 0 saturated carbocycles. The van der Waals surface area contributed by atoms with Crippen molar-refractivity contribution < 1.29 is 19.1 Å². The Morgan fingerprint density at radius 2 is 2.10 bits per heavy atom. The van der Waals surface area contributed by atoms with E-state index in [9.17, 15) is 14.4 Å². The Kier molecular flexibility index (Phi) is 4.21. The maximum Gasteiger partial charge on any atom is 0.345 e. The van der Waals surface area contributed by atoms with E-state index in [1.54, 1.807) is 0 Å². The zero-order valence-electron chi connectivity index (χ0n) is 12.1. The number of hydrogen-bond donors (Lipinski definition) is 0. The second-order valence-electron chi connectivity index (χ2n) is 4.74. The zero-order chi connectivity index (χ0) is 15.6. The van der Waals surface area contributed by atoms with E-state index in [1.165, 1.54) is 31.1 Å². The van der Waals surface area contributed by atoms with Crippen molar-refractivity contribution in [2.75, 3.05) is 14.2 Å². The molecule has 1 aromatic rings. The van der Waals surface area contributed by atoms with Crippen LogP contribution in [-0.2, 0) is 14.3 Å². The van der Waals surface area contributed by atoms with Crippen LogP contribution < -0.4 is 5.56 Å². The van der Waals surface area contributed by atoms with Crippen molar-refractivity contribution in [1.82, 2.24) is 9.55 Å². The highest BCUT2D eigenvalue weighted by atomic mass is 16.5. The van der Waals surface area contributed by atoms with Crippen LogP contribution in [-0.4, -0.2) is 35.7 Å². The predicted octanol–water partition coefficient (Wildman–Crippen LogP) is 0.941. The summed E-state index contributed by atoms with van der Waals surface area (Å²) >= 11 is 0. The molecule has 0 radical (unpaired) electrons. The van der Waals surface area contributed by atoms with E-state index in [0.29, 0.717) is 24.2 Å². The summed E-state index contributed by atoms with van der Waals surface area (Å²) in [5.41, 5.74) is 0.0377. The number of methoxy groups -OCH3 is 2. The van der Waals surface area contributed by atoms with Crippen molar-refractivity contribution in [2.45, 2.75) is 25.8 Å². The van der Waals surface area contributed by atoms with Gasteiger partial charge in [0.1, 0.15) is 11.4 Å². The second-order valence-corrected chi connectivity index (χ2v) is 4.74. The fourth-order valence-electron chi connectivity index (χ4n) is 2.31. The van der Waals surface area contributed by atoms with Gasteiger partial charge in [-0.2, -0.15) is 0 Å². The number of rotatable bonds is 2. The molecule has 0 aromatic carbocycles. The van der Waals surface area contributed by atoms with Gasteiger partial charge in [-0.05, 0) is 19.8 Å². The molecule has 0 amide bonds. The highest BCUT2D eigenvalue weighted by Gasteiger charge is 2.26. The molecule has 0 aliphatic carbocycles. The number of esters is 2. The van der Waals surface area contributed by atoms with Gasteiger partial charge in [0, 0.05) is 23.9 Å². The first-order valence-electron chi connectivity index (χ1n) is 6.48. The van der Waals surface area contributed by atoms with Crippen molar-refractivity contribution in [3.05, 3.63) is 34.0 Å². The van der Waals surface area contributed by atoms with E-state index in [-0.39, 0.29) is 11.6 Å². The third-order valence-corrected chi connectivity index (χ3v) is 3.45. The molecular weight excluding hydrogens is 276 g/mol. The molecule has 2 rings (SSSR count). The van der Waals surface area contributed by atoms with Crippen LogP contribution in [0, 0.1) is 0 Å². The summed E-state index contributed by atoms with van der Waals surface area (Å²) in [4.78, 5) is 39.5. The lowest BCUT2D eigenvalue weighted by Crippen LogP contribution is -2.34. The first kappa shape index (κ1) is 15.0. The number of nitrogens with zero attached hydrogens (tertiary/aromatic N) is 2. The number of ether oxygens (including phenoxy) is 2. The molecule has 1 aliphatic heterocycles. The third kappa shape index (κ3) is 2.72. The fraction of sp³-hybridized carbons (Fsp3) is 0.429. The van der Waals surface area contributed by atoms with Crippen LogP contribution in [0.1, 0.15) is 42.0 Å². The zero-order valence-corrected chi connectivity index (χ0v) is 12.1. The predicted molar refractivity (Wildman–Crippen MR) is 73.8 cm³/mol. The van der Waals surface area contributed by atoms with Gasteiger partial charge in [-0.25, -0.2) is 14.6 Å². The van der Waals surface area contributed by atoms with Gasteiger partial charge < -0.3 is 9.47 Å². The summed E-state index contributed by atoms with van der Waals surface area (Å²) in [6.45, 7) is 1.86. The standard InChI is InChI=1S/C14H16N2O5/c1-8-4-5-9(6-11(17)20-2)12-15-7-10(14(19)21-3)13(18)16(8)12/h6-8H,4-5H2,1-3H3/b9-6+.